The number of aromatic amines is 1. The summed E-state index contributed by atoms with van der Waals surface area (Å²) in [6, 6.07) is 12.2. The Labute approximate surface area is 166 Å². The van der Waals surface area contributed by atoms with Crippen molar-refractivity contribution < 1.29 is 5.11 Å². The van der Waals surface area contributed by atoms with Crippen LogP contribution < -0.4 is 11.1 Å². The molecular weight excluding hydrogens is 371 g/mol. The van der Waals surface area contributed by atoms with Crippen molar-refractivity contribution in [3.63, 3.8) is 0 Å². The largest absolute Gasteiger partial charge is 0.387 e. The van der Waals surface area contributed by atoms with Gasteiger partial charge in [-0.3, -0.25) is 0 Å². The maximum Gasteiger partial charge on any atom is 0.123 e. The highest BCUT2D eigenvalue weighted by Crippen LogP contribution is 2.19. The maximum absolute atomic E-state index is 10.2. The number of para-hydroxylation sites is 1. The number of aryl methyl sites for hydroxylation is 1. The van der Waals surface area contributed by atoms with E-state index in [1.807, 2.05) is 12.1 Å². The number of nitrogens with two attached hydrogens (primary N) is 1. The van der Waals surface area contributed by atoms with Gasteiger partial charge in [-0.15, -0.1) is 24.8 Å². The van der Waals surface area contributed by atoms with Gasteiger partial charge in [-0.25, -0.2) is 4.98 Å². The SMILES string of the molecule is C[C@H](CCc1c[nH]c2ccccc12)NC[C@H](O)c1ccc(N)nc1.Cl.Cl. The third-order valence-corrected chi connectivity index (χ3v) is 4.38. The number of rotatable bonds is 7. The lowest BCUT2D eigenvalue weighted by Gasteiger charge is -2.17. The number of hydrogen-bond donors (Lipinski definition) is 4. The predicted octanol–water partition coefficient (Wildman–Crippen LogP) is 3.63. The summed E-state index contributed by atoms with van der Waals surface area (Å²) >= 11 is 0. The van der Waals surface area contributed by atoms with Crippen molar-refractivity contribution in [2.75, 3.05) is 12.3 Å². The van der Waals surface area contributed by atoms with Crippen molar-refractivity contribution in [3.05, 3.63) is 59.9 Å². The second-order valence-corrected chi connectivity index (χ2v) is 6.24. The summed E-state index contributed by atoms with van der Waals surface area (Å²) in [6.07, 6.45) is 5.14. The minimum Gasteiger partial charge on any atom is -0.387 e. The van der Waals surface area contributed by atoms with E-state index in [-0.39, 0.29) is 24.8 Å². The number of nitrogens with zero attached hydrogens (tertiary/aromatic N) is 1. The number of halogens is 2. The number of aliphatic hydroxyl groups excluding tert-OH is 1. The Hall–Kier alpha value is -1.79. The summed E-state index contributed by atoms with van der Waals surface area (Å²) in [7, 11) is 0. The van der Waals surface area contributed by atoms with E-state index in [0.29, 0.717) is 18.4 Å². The molecule has 5 nitrogen and oxygen atoms in total. The van der Waals surface area contributed by atoms with Crippen molar-refractivity contribution in [3.8, 4) is 0 Å². The molecule has 0 aliphatic rings. The topological polar surface area (TPSA) is 87.0 Å². The molecule has 2 heterocycles. The normalized spacial score (nSPS) is 12.8. The van der Waals surface area contributed by atoms with Gasteiger partial charge in [0, 0.05) is 41.4 Å². The zero-order valence-corrected chi connectivity index (χ0v) is 16.3. The van der Waals surface area contributed by atoms with Crippen molar-refractivity contribution in [1.29, 1.82) is 0 Å². The molecule has 0 unspecified atom stereocenters. The highest BCUT2D eigenvalue weighted by atomic mass is 35.5. The Morgan fingerprint density at radius 2 is 1.96 bits per heavy atom. The highest BCUT2D eigenvalue weighted by Gasteiger charge is 2.11. The molecule has 0 aliphatic heterocycles. The Bertz CT molecular complexity index is 792. The summed E-state index contributed by atoms with van der Waals surface area (Å²) in [5.41, 5.74) is 8.86. The Kier molecular flexibility index (Phi) is 8.88. The van der Waals surface area contributed by atoms with Crippen LogP contribution in [0.25, 0.3) is 10.9 Å². The quantitative estimate of drug-likeness (QED) is 0.490. The molecule has 0 radical (unpaired) electrons. The number of benzene rings is 1. The lowest BCUT2D eigenvalue weighted by molar-refractivity contribution is 0.169. The molecule has 3 rings (SSSR count). The molecule has 2 atom stereocenters. The molecule has 26 heavy (non-hydrogen) atoms. The monoisotopic (exact) mass is 396 g/mol. The van der Waals surface area contributed by atoms with Crippen LogP contribution in [-0.4, -0.2) is 27.7 Å². The van der Waals surface area contributed by atoms with Gasteiger partial charge in [0.05, 0.1) is 6.10 Å². The zero-order valence-electron chi connectivity index (χ0n) is 14.7. The molecule has 0 saturated heterocycles. The fourth-order valence-electron chi connectivity index (χ4n) is 2.86. The molecule has 0 bridgehead atoms. The van der Waals surface area contributed by atoms with E-state index >= 15 is 0 Å². The minimum atomic E-state index is -0.575. The van der Waals surface area contributed by atoms with E-state index in [1.165, 1.54) is 16.5 Å². The van der Waals surface area contributed by atoms with Gasteiger partial charge in [-0.05, 0) is 37.5 Å². The van der Waals surface area contributed by atoms with Gasteiger partial charge >= 0.3 is 0 Å². The molecular formula is C19H26Cl2N4O. The Morgan fingerprint density at radius 3 is 2.69 bits per heavy atom. The molecule has 0 aliphatic carbocycles. The van der Waals surface area contributed by atoms with Crippen molar-refractivity contribution in [2.24, 2.45) is 0 Å². The first kappa shape index (κ1) is 22.3. The molecule has 3 aromatic rings. The van der Waals surface area contributed by atoms with E-state index in [4.69, 9.17) is 5.73 Å². The highest BCUT2D eigenvalue weighted by molar-refractivity contribution is 5.85. The first-order valence-electron chi connectivity index (χ1n) is 8.31. The lowest BCUT2D eigenvalue weighted by Crippen LogP contribution is -2.30. The number of fused-ring (bicyclic) bond motifs is 1. The maximum atomic E-state index is 10.2. The van der Waals surface area contributed by atoms with Crippen molar-refractivity contribution in [2.45, 2.75) is 31.9 Å². The molecule has 0 fully saturated rings. The minimum absolute atomic E-state index is 0. The van der Waals surface area contributed by atoms with Gasteiger partial charge in [0.25, 0.3) is 0 Å². The smallest absolute Gasteiger partial charge is 0.123 e. The van der Waals surface area contributed by atoms with Gasteiger partial charge in [0.2, 0.25) is 0 Å². The number of H-pyrrole nitrogens is 1. The first-order chi connectivity index (χ1) is 11.6. The fraction of sp³-hybridized carbons (Fsp3) is 0.316. The summed E-state index contributed by atoms with van der Waals surface area (Å²) in [5.74, 6) is 0.464. The third kappa shape index (κ3) is 5.61. The van der Waals surface area contributed by atoms with Crippen LogP contribution >= 0.6 is 24.8 Å². The average molecular weight is 397 g/mol. The number of anilines is 1. The number of aromatic nitrogens is 2. The van der Waals surface area contributed by atoms with Gasteiger partial charge in [-0.1, -0.05) is 24.3 Å². The van der Waals surface area contributed by atoms with Crippen molar-refractivity contribution in [1.82, 2.24) is 15.3 Å². The van der Waals surface area contributed by atoms with Crippen LogP contribution in [0.5, 0.6) is 0 Å². The van der Waals surface area contributed by atoms with E-state index < -0.39 is 6.10 Å². The third-order valence-electron chi connectivity index (χ3n) is 4.38. The number of hydrogen-bond acceptors (Lipinski definition) is 4. The van der Waals surface area contributed by atoms with Gasteiger partial charge < -0.3 is 21.1 Å². The van der Waals surface area contributed by atoms with Gasteiger partial charge in [-0.2, -0.15) is 0 Å². The van der Waals surface area contributed by atoms with Crippen LogP contribution in [-0.2, 0) is 6.42 Å². The van der Waals surface area contributed by atoms with E-state index in [9.17, 15) is 5.11 Å². The summed E-state index contributed by atoms with van der Waals surface area (Å²) < 4.78 is 0. The second kappa shape index (κ2) is 10.4. The first-order valence-corrected chi connectivity index (χ1v) is 8.31. The van der Waals surface area contributed by atoms with Crippen LogP contribution in [0.1, 0.15) is 30.6 Å². The number of aliphatic hydroxyl groups is 1. The molecule has 1 aromatic carbocycles. The number of pyridine rings is 1. The predicted molar refractivity (Wildman–Crippen MR) is 112 cm³/mol. The molecule has 7 heteroatoms. The summed E-state index contributed by atoms with van der Waals surface area (Å²) in [6.45, 7) is 2.64. The van der Waals surface area contributed by atoms with Gasteiger partial charge in [0.1, 0.15) is 5.82 Å². The number of nitrogens with one attached hydrogen (secondary N) is 2. The second-order valence-electron chi connectivity index (χ2n) is 6.24. The molecule has 5 N–H and O–H groups in total. The average Bonchev–Trinajstić information content (AvgIpc) is 3.01. The van der Waals surface area contributed by atoms with E-state index in [2.05, 4.69) is 46.6 Å². The molecule has 2 aromatic heterocycles. The van der Waals surface area contributed by atoms with E-state index in [0.717, 1.165) is 18.4 Å². The van der Waals surface area contributed by atoms with Crippen LogP contribution in [0.2, 0.25) is 0 Å². The molecule has 0 saturated carbocycles. The van der Waals surface area contributed by atoms with Crippen LogP contribution in [0.15, 0.2) is 48.8 Å². The van der Waals surface area contributed by atoms with Crippen LogP contribution in [0.3, 0.4) is 0 Å². The number of nitrogen functional groups attached to an aromatic ring is 1. The Balaban J connectivity index is 0.00000169. The fourth-order valence-corrected chi connectivity index (χ4v) is 2.86. The van der Waals surface area contributed by atoms with Crippen molar-refractivity contribution >= 4 is 41.5 Å². The Morgan fingerprint density at radius 1 is 1.19 bits per heavy atom. The zero-order chi connectivity index (χ0) is 16.9. The molecule has 0 amide bonds. The summed E-state index contributed by atoms with van der Waals surface area (Å²) in [4.78, 5) is 7.32. The molecule has 142 valence electrons. The summed E-state index contributed by atoms with van der Waals surface area (Å²) in [5, 5.41) is 14.9. The van der Waals surface area contributed by atoms with Crippen LogP contribution in [0.4, 0.5) is 5.82 Å². The van der Waals surface area contributed by atoms with Gasteiger partial charge in [0.15, 0.2) is 0 Å². The molecule has 0 spiro atoms. The standard InChI is InChI=1S/C19H24N4O.2ClH/c1-13(21-12-18(24)15-8-9-19(20)23-11-15)6-7-14-10-22-17-5-3-2-4-16(14)17;;/h2-5,8-11,13,18,21-22,24H,6-7,12H2,1H3,(H2,20,23);2*1H/t13-,18+;;/m1../s1. The van der Waals surface area contributed by atoms with E-state index in [1.54, 1.807) is 12.3 Å². The van der Waals surface area contributed by atoms with Crippen LogP contribution in [0, 0.1) is 0 Å². The lowest BCUT2D eigenvalue weighted by atomic mass is 10.0.